The first-order valence-electron chi connectivity index (χ1n) is 8.07. The lowest BCUT2D eigenvalue weighted by molar-refractivity contribution is 0.0479. The van der Waals surface area contributed by atoms with Gasteiger partial charge in [-0.05, 0) is 32.5 Å². The van der Waals surface area contributed by atoms with Crippen molar-refractivity contribution in [3.63, 3.8) is 0 Å². The Morgan fingerprint density at radius 2 is 2.17 bits per heavy atom. The lowest BCUT2D eigenvalue weighted by atomic mass is 10.1. The quantitative estimate of drug-likeness (QED) is 0.940. The Morgan fingerprint density at radius 1 is 1.35 bits per heavy atom. The van der Waals surface area contributed by atoms with Gasteiger partial charge in [0.1, 0.15) is 5.82 Å². The van der Waals surface area contributed by atoms with Crippen LogP contribution in [0.5, 0.6) is 0 Å². The number of piperazine rings is 1. The minimum atomic E-state index is 0.0577. The summed E-state index contributed by atoms with van der Waals surface area (Å²) in [6, 6.07) is 3.90. The van der Waals surface area contributed by atoms with Crippen molar-refractivity contribution >= 4 is 5.91 Å². The largest absolute Gasteiger partial charge is 0.347 e. The number of nitrogens with one attached hydrogen (secondary N) is 1. The average Bonchev–Trinajstić information content (AvgIpc) is 3.08. The van der Waals surface area contributed by atoms with Crippen LogP contribution >= 0.6 is 0 Å². The minimum Gasteiger partial charge on any atom is -0.347 e. The molecule has 1 aliphatic heterocycles. The van der Waals surface area contributed by atoms with Crippen molar-refractivity contribution in [3.05, 3.63) is 47.3 Å². The zero-order valence-electron chi connectivity index (χ0n) is 13.9. The van der Waals surface area contributed by atoms with Gasteiger partial charge < -0.3 is 9.88 Å². The number of aryl methyl sites for hydroxylation is 2. The normalized spacial score (nSPS) is 19.1. The molecule has 3 heterocycles. The van der Waals surface area contributed by atoms with E-state index in [1.165, 1.54) is 0 Å². The molecule has 0 bridgehead atoms. The summed E-state index contributed by atoms with van der Waals surface area (Å²) in [5, 5.41) is 0. The summed E-state index contributed by atoms with van der Waals surface area (Å²) < 4.78 is 0. The maximum atomic E-state index is 12.9. The Hall–Kier alpha value is -2.21. The molecule has 3 rings (SSSR count). The highest BCUT2D eigenvalue weighted by Crippen LogP contribution is 2.24. The summed E-state index contributed by atoms with van der Waals surface area (Å²) in [6.07, 6.45) is 3.59. The zero-order chi connectivity index (χ0) is 16.4. The fourth-order valence-corrected chi connectivity index (χ4v) is 3.19. The van der Waals surface area contributed by atoms with Crippen LogP contribution in [-0.2, 0) is 0 Å². The lowest BCUT2D eigenvalue weighted by Gasteiger charge is -2.40. The van der Waals surface area contributed by atoms with Crippen molar-refractivity contribution in [2.45, 2.75) is 26.8 Å². The highest BCUT2D eigenvalue weighted by molar-refractivity contribution is 5.95. The first-order valence-corrected chi connectivity index (χ1v) is 8.07. The van der Waals surface area contributed by atoms with Crippen LogP contribution in [0.2, 0.25) is 0 Å². The van der Waals surface area contributed by atoms with Crippen molar-refractivity contribution in [1.82, 2.24) is 24.8 Å². The van der Waals surface area contributed by atoms with Crippen LogP contribution in [0.3, 0.4) is 0 Å². The van der Waals surface area contributed by atoms with Crippen molar-refractivity contribution in [1.29, 1.82) is 0 Å². The molecule has 2 aromatic rings. The molecule has 0 spiro atoms. The number of carbonyl (C=O) groups excluding carboxylic acids is 1. The molecule has 1 amide bonds. The molecule has 1 atom stereocenters. The maximum absolute atomic E-state index is 12.9. The Bertz CT molecular complexity index is 682. The molecule has 0 radical (unpaired) electrons. The van der Waals surface area contributed by atoms with Gasteiger partial charge in [-0.2, -0.15) is 0 Å². The second kappa shape index (κ2) is 6.50. The van der Waals surface area contributed by atoms with Crippen LogP contribution in [-0.4, -0.2) is 56.8 Å². The number of amides is 1. The zero-order valence-corrected chi connectivity index (χ0v) is 13.9. The Labute approximate surface area is 136 Å². The van der Waals surface area contributed by atoms with Crippen LogP contribution in [0.25, 0.3) is 0 Å². The van der Waals surface area contributed by atoms with E-state index in [-0.39, 0.29) is 11.9 Å². The molecule has 1 fully saturated rings. The molecule has 0 saturated carbocycles. The number of rotatable bonds is 3. The standard InChI is InChI=1S/C17H23N5O/c1-4-21-9-10-22(11-15(21)16-18-7-8-19-16)17(23)14-6-5-12(2)20-13(14)3/h5-8,15H,4,9-11H2,1-3H3,(H,18,19)/t15-/m0/s1. The molecule has 0 aromatic carbocycles. The molecule has 6 nitrogen and oxygen atoms in total. The Balaban J connectivity index is 1.82. The summed E-state index contributed by atoms with van der Waals surface area (Å²) >= 11 is 0. The predicted molar refractivity (Wildman–Crippen MR) is 88.2 cm³/mol. The van der Waals surface area contributed by atoms with Crippen LogP contribution in [0.4, 0.5) is 0 Å². The fraction of sp³-hybridized carbons (Fsp3) is 0.471. The smallest absolute Gasteiger partial charge is 0.255 e. The molecule has 0 unspecified atom stereocenters. The monoisotopic (exact) mass is 313 g/mol. The van der Waals surface area contributed by atoms with E-state index in [4.69, 9.17) is 0 Å². The summed E-state index contributed by atoms with van der Waals surface area (Å²) in [5.74, 6) is 0.977. The number of pyridine rings is 1. The molecule has 0 aliphatic carbocycles. The highest BCUT2D eigenvalue weighted by atomic mass is 16.2. The minimum absolute atomic E-state index is 0.0577. The second-order valence-corrected chi connectivity index (χ2v) is 5.96. The van der Waals surface area contributed by atoms with Crippen LogP contribution in [0, 0.1) is 13.8 Å². The van der Waals surface area contributed by atoms with Gasteiger partial charge in [-0.3, -0.25) is 14.7 Å². The number of H-pyrrole nitrogens is 1. The van der Waals surface area contributed by atoms with E-state index in [0.29, 0.717) is 12.1 Å². The number of hydrogen-bond donors (Lipinski definition) is 1. The molecule has 23 heavy (non-hydrogen) atoms. The molecular weight excluding hydrogens is 290 g/mol. The molecular formula is C17H23N5O. The van der Waals surface area contributed by atoms with Gasteiger partial charge in [0.15, 0.2) is 0 Å². The topological polar surface area (TPSA) is 65.1 Å². The number of nitrogens with zero attached hydrogens (tertiary/aromatic N) is 4. The third-order valence-electron chi connectivity index (χ3n) is 4.48. The van der Waals surface area contributed by atoms with Crippen LogP contribution < -0.4 is 0 Å². The number of imidazole rings is 1. The van der Waals surface area contributed by atoms with Gasteiger partial charge >= 0.3 is 0 Å². The molecule has 1 aliphatic rings. The van der Waals surface area contributed by atoms with Gasteiger partial charge in [0, 0.05) is 37.7 Å². The first-order chi connectivity index (χ1) is 11.1. The van der Waals surface area contributed by atoms with Crippen molar-refractivity contribution in [3.8, 4) is 0 Å². The van der Waals surface area contributed by atoms with Crippen molar-refractivity contribution in [2.24, 2.45) is 0 Å². The van der Waals surface area contributed by atoms with E-state index in [0.717, 1.165) is 36.8 Å². The third-order valence-corrected chi connectivity index (χ3v) is 4.48. The lowest BCUT2D eigenvalue weighted by Crippen LogP contribution is -2.50. The molecule has 122 valence electrons. The molecule has 2 aromatic heterocycles. The van der Waals surface area contributed by atoms with Gasteiger partial charge in [-0.15, -0.1) is 0 Å². The van der Waals surface area contributed by atoms with E-state index in [1.54, 1.807) is 6.20 Å². The number of aromatic nitrogens is 3. The summed E-state index contributed by atoms with van der Waals surface area (Å²) in [4.78, 5) is 29.1. The summed E-state index contributed by atoms with van der Waals surface area (Å²) in [5.41, 5.74) is 2.42. The van der Waals surface area contributed by atoms with Crippen LogP contribution in [0.15, 0.2) is 24.5 Å². The summed E-state index contributed by atoms with van der Waals surface area (Å²) in [7, 11) is 0. The van der Waals surface area contributed by atoms with Gasteiger partial charge in [0.25, 0.3) is 5.91 Å². The van der Waals surface area contributed by atoms with E-state index in [1.807, 2.05) is 37.1 Å². The fourth-order valence-electron chi connectivity index (χ4n) is 3.19. The van der Waals surface area contributed by atoms with Gasteiger partial charge in [-0.25, -0.2) is 4.98 Å². The summed E-state index contributed by atoms with van der Waals surface area (Å²) in [6.45, 7) is 9.15. The molecule has 6 heteroatoms. The van der Waals surface area contributed by atoms with E-state index < -0.39 is 0 Å². The van der Waals surface area contributed by atoms with Crippen molar-refractivity contribution in [2.75, 3.05) is 26.2 Å². The van der Waals surface area contributed by atoms with Gasteiger partial charge in [-0.1, -0.05) is 6.92 Å². The van der Waals surface area contributed by atoms with E-state index in [2.05, 4.69) is 26.8 Å². The third kappa shape index (κ3) is 3.12. The number of hydrogen-bond acceptors (Lipinski definition) is 4. The van der Waals surface area contributed by atoms with Crippen LogP contribution in [0.1, 0.15) is 40.5 Å². The van der Waals surface area contributed by atoms with Crippen molar-refractivity contribution < 1.29 is 4.79 Å². The molecule has 1 saturated heterocycles. The van der Waals surface area contributed by atoms with Gasteiger partial charge in [0.2, 0.25) is 0 Å². The first kappa shape index (κ1) is 15.7. The number of aromatic amines is 1. The Morgan fingerprint density at radius 3 is 2.83 bits per heavy atom. The van der Waals surface area contributed by atoms with E-state index >= 15 is 0 Å². The maximum Gasteiger partial charge on any atom is 0.255 e. The molecule has 1 N–H and O–H groups in total. The Kier molecular flexibility index (Phi) is 4.43. The average molecular weight is 313 g/mol. The number of likely N-dealkylation sites (N-methyl/N-ethyl adjacent to an activating group) is 1. The highest BCUT2D eigenvalue weighted by Gasteiger charge is 2.32. The predicted octanol–water partition coefficient (Wildman–Crippen LogP) is 1.94. The second-order valence-electron chi connectivity index (χ2n) is 5.96. The van der Waals surface area contributed by atoms with E-state index in [9.17, 15) is 4.79 Å². The SMILES string of the molecule is CCN1CCN(C(=O)c2ccc(C)nc2C)C[C@H]1c1ncc[nH]1. The number of carbonyl (C=O) groups is 1. The van der Waals surface area contributed by atoms with Gasteiger partial charge in [0.05, 0.1) is 17.3 Å².